The molecule has 3 heteroatoms. The van der Waals surface area contributed by atoms with Crippen molar-refractivity contribution in [2.75, 3.05) is 11.9 Å². The second kappa shape index (κ2) is 6.75. The number of nitrogens with one attached hydrogen (secondary N) is 1. The van der Waals surface area contributed by atoms with Gasteiger partial charge in [0.1, 0.15) is 5.75 Å². The lowest BCUT2D eigenvalue weighted by Gasteiger charge is -2.13. The van der Waals surface area contributed by atoms with Crippen molar-refractivity contribution >= 4 is 11.6 Å². The molecule has 0 radical (unpaired) electrons. The van der Waals surface area contributed by atoms with Gasteiger partial charge in [-0.3, -0.25) is 4.79 Å². The largest absolute Gasteiger partial charge is 0.483 e. The van der Waals surface area contributed by atoms with Crippen molar-refractivity contribution in [1.29, 1.82) is 0 Å². The van der Waals surface area contributed by atoms with Gasteiger partial charge in [-0.2, -0.15) is 0 Å². The minimum absolute atomic E-state index is 0.0125. The number of carbonyl (C=O) groups is 1. The maximum atomic E-state index is 11.8. The van der Waals surface area contributed by atoms with Crippen LogP contribution >= 0.6 is 0 Å². The SMILES string of the molecule is CC(C)c1ccccc1OCC(=O)Nc1ccccc1. The van der Waals surface area contributed by atoms with Gasteiger partial charge in [-0.05, 0) is 29.7 Å². The fourth-order valence-corrected chi connectivity index (χ4v) is 1.95. The number of ether oxygens (including phenoxy) is 1. The standard InChI is InChI=1S/C17H19NO2/c1-13(2)15-10-6-7-11-16(15)20-12-17(19)18-14-8-4-3-5-9-14/h3-11,13H,12H2,1-2H3,(H,18,19). The van der Waals surface area contributed by atoms with Crippen LogP contribution in [0.3, 0.4) is 0 Å². The average Bonchev–Trinajstić information content (AvgIpc) is 2.46. The number of hydrogen-bond acceptors (Lipinski definition) is 2. The zero-order chi connectivity index (χ0) is 14.4. The molecule has 0 atom stereocenters. The molecule has 1 amide bonds. The Morgan fingerprint density at radius 2 is 1.70 bits per heavy atom. The van der Waals surface area contributed by atoms with E-state index in [0.717, 1.165) is 17.0 Å². The van der Waals surface area contributed by atoms with Gasteiger partial charge in [0.15, 0.2) is 6.61 Å². The number of carbonyl (C=O) groups excluding carboxylic acids is 1. The molecule has 0 aliphatic rings. The lowest BCUT2D eigenvalue weighted by atomic mass is 10.0. The summed E-state index contributed by atoms with van der Waals surface area (Å²) >= 11 is 0. The van der Waals surface area contributed by atoms with E-state index in [2.05, 4.69) is 19.2 Å². The Morgan fingerprint density at radius 1 is 1.05 bits per heavy atom. The summed E-state index contributed by atoms with van der Waals surface area (Å²) < 4.78 is 5.62. The number of amides is 1. The van der Waals surface area contributed by atoms with Gasteiger partial charge in [0.2, 0.25) is 0 Å². The molecule has 0 unspecified atom stereocenters. The number of benzene rings is 2. The minimum Gasteiger partial charge on any atom is -0.483 e. The molecule has 2 aromatic rings. The van der Waals surface area contributed by atoms with Gasteiger partial charge in [0.25, 0.3) is 5.91 Å². The number of para-hydroxylation sites is 2. The maximum absolute atomic E-state index is 11.8. The highest BCUT2D eigenvalue weighted by atomic mass is 16.5. The number of rotatable bonds is 5. The van der Waals surface area contributed by atoms with Crippen LogP contribution in [-0.2, 0) is 4.79 Å². The third kappa shape index (κ3) is 3.85. The molecular weight excluding hydrogens is 250 g/mol. The van der Waals surface area contributed by atoms with Crippen LogP contribution < -0.4 is 10.1 Å². The van der Waals surface area contributed by atoms with E-state index in [0.29, 0.717) is 5.92 Å². The van der Waals surface area contributed by atoms with Crippen LogP contribution in [0.1, 0.15) is 25.3 Å². The summed E-state index contributed by atoms with van der Waals surface area (Å²) in [6.07, 6.45) is 0. The van der Waals surface area contributed by atoms with Gasteiger partial charge in [-0.25, -0.2) is 0 Å². The van der Waals surface area contributed by atoms with Gasteiger partial charge in [-0.1, -0.05) is 50.2 Å². The lowest BCUT2D eigenvalue weighted by molar-refractivity contribution is -0.118. The predicted octanol–water partition coefficient (Wildman–Crippen LogP) is 3.83. The van der Waals surface area contributed by atoms with Crippen molar-refractivity contribution in [1.82, 2.24) is 0 Å². The van der Waals surface area contributed by atoms with E-state index in [1.54, 1.807) is 0 Å². The molecule has 0 aliphatic carbocycles. The Balaban J connectivity index is 1.94. The van der Waals surface area contributed by atoms with Crippen molar-refractivity contribution in [2.45, 2.75) is 19.8 Å². The first-order valence-electron chi connectivity index (χ1n) is 6.73. The summed E-state index contributed by atoms with van der Waals surface area (Å²) in [5.41, 5.74) is 1.89. The zero-order valence-corrected chi connectivity index (χ0v) is 11.8. The first kappa shape index (κ1) is 14.1. The van der Waals surface area contributed by atoms with E-state index in [9.17, 15) is 4.79 Å². The highest BCUT2D eigenvalue weighted by molar-refractivity contribution is 5.91. The molecule has 1 N–H and O–H groups in total. The molecular formula is C17H19NO2. The van der Waals surface area contributed by atoms with Gasteiger partial charge >= 0.3 is 0 Å². The third-order valence-corrected chi connectivity index (χ3v) is 2.96. The van der Waals surface area contributed by atoms with Crippen LogP contribution in [0.2, 0.25) is 0 Å². The monoisotopic (exact) mass is 269 g/mol. The fraction of sp³-hybridized carbons (Fsp3) is 0.235. The predicted molar refractivity (Wildman–Crippen MR) is 81.1 cm³/mol. The summed E-state index contributed by atoms with van der Waals surface area (Å²) in [4.78, 5) is 11.8. The van der Waals surface area contributed by atoms with E-state index in [1.165, 1.54) is 0 Å². The smallest absolute Gasteiger partial charge is 0.262 e. The molecule has 0 aromatic heterocycles. The second-order valence-corrected chi connectivity index (χ2v) is 4.90. The van der Waals surface area contributed by atoms with Crippen LogP contribution in [-0.4, -0.2) is 12.5 Å². The summed E-state index contributed by atoms with van der Waals surface area (Å²) in [6, 6.07) is 17.2. The molecule has 2 rings (SSSR count). The fourth-order valence-electron chi connectivity index (χ4n) is 1.95. The number of hydrogen-bond donors (Lipinski definition) is 1. The van der Waals surface area contributed by atoms with Crippen LogP contribution in [0.5, 0.6) is 5.75 Å². The van der Waals surface area contributed by atoms with E-state index in [1.807, 2.05) is 54.6 Å². The van der Waals surface area contributed by atoms with E-state index < -0.39 is 0 Å². The molecule has 20 heavy (non-hydrogen) atoms. The van der Waals surface area contributed by atoms with Gasteiger partial charge in [-0.15, -0.1) is 0 Å². The molecule has 0 bridgehead atoms. The summed E-state index contributed by atoms with van der Waals surface area (Å²) in [6.45, 7) is 4.22. The Kier molecular flexibility index (Phi) is 4.77. The Hall–Kier alpha value is -2.29. The molecule has 0 saturated heterocycles. The molecule has 0 aliphatic heterocycles. The highest BCUT2D eigenvalue weighted by Gasteiger charge is 2.09. The maximum Gasteiger partial charge on any atom is 0.262 e. The van der Waals surface area contributed by atoms with Gasteiger partial charge in [0, 0.05) is 5.69 Å². The Morgan fingerprint density at radius 3 is 2.40 bits per heavy atom. The van der Waals surface area contributed by atoms with Gasteiger partial charge in [0.05, 0.1) is 0 Å². The Labute approximate surface area is 119 Å². The lowest BCUT2D eigenvalue weighted by Crippen LogP contribution is -2.20. The minimum atomic E-state index is -0.158. The topological polar surface area (TPSA) is 38.3 Å². The van der Waals surface area contributed by atoms with E-state index in [-0.39, 0.29) is 12.5 Å². The van der Waals surface area contributed by atoms with Crippen molar-refractivity contribution < 1.29 is 9.53 Å². The first-order chi connectivity index (χ1) is 9.66. The summed E-state index contributed by atoms with van der Waals surface area (Å²) in [5.74, 6) is 0.976. The van der Waals surface area contributed by atoms with Crippen LogP contribution in [0, 0.1) is 0 Å². The van der Waals surface area contributed by atoms with Crippen molar-refractivity contribution in [3.05, 3.63) is 60.2 Å². The van der Waals surface area contributed by atoms with Crippen LogP contribution in [0.25, 0.3) is 0 Å². The van der Waals surface area contributed by atoms with Gasteiger partial charge < -0.3 is 10.1 Å². The Bertz CT molecular complexity index is 564. The first-order valence-corrected chi connectivity index (χ1v) is 6.73. The van der Waals surface area contributed by atoms with E-state index in [4.69, 9.17) is 4.74 Å². The molecule has 0 saturated carbocycles. The second-order valence-electron chi connectivity index (χ2n) is 4.90. The zero-order valence-electron chi connectivity index (χ0n) is 11.8. The molecule has 2 aromatic carbocycles. The molecule has 0 heterocycles. The molecule has 104 valence electrons. The number of anilines is 1. The quantitative estimate of drug-likeness (QED) is 0.896. The molecule has 0 spiro atoms. The highest BCUT2D eigenvalue weighted by Crippen LogP contribution is 2.25. The normalized spacial score (nSPS) is 10.3. The van der Waals surface area contributed by atoms with Crippen LogP contribution in [0.15, 0.2) is 54.6 Å². The van der Waals surface area contributed by atoms with E-state index >= 15 is 0 Å². The molecule has 3 nitrogen and oxygen atoms in total. The van der Waals surface area contributed by atoms with Crippen molar-refractivity contribution in [2.24, 2.45) is 0 Å². The summed E-state index contributed by atoms with van der Waals surface area (Å²) in [7, 11) is 0. The van der Waals surface area contributed by atoms with Crippen molar-refractivity contribution in [3.63, 3.8) is 0 Å². The summed E-state index contributed by atoms with van der Waals surface area (Å²) in [5, 5.41) is 2.80. The van der Waals surface area contributed by atoms with Crippen molar-refractivity contribution in [3.8, 4) is 5.75 Å². The van der Waals surface area contributed by atoms with Crippen LogP contribution in [0.4, 0.5) is 5.69 Å². The average molecular weight is 269 g/mol. The third-order valence-electron chi connectivity index (χ3n) is 2.96. The molecule has 0 fully saturated rings.